The van der Waals surface area contributed by atoms with Crippen molar-refractivity contribution in [2.24, 2.45) is 0 Å². The predicted molar refractivity (Wildman–Crippen MR) is 137 cm³/mol. The van der Waals surface area contributed by atoms with Gasteiger partial charge < -0.3 is 19.2 Å². The molecule has 0 saturated carbocycles. The molecule has 3 heterocycles. The third-order valence-corrected chi connectivity index (χ3v) is 7.01. The van der Waals surface area contributed by atoms with Crippen LogP contribution in [0.4, 0.5) is 13.2 Å². The third kappa shape index (κ3) is 5.92. The Bertz CT molecular complexity index is 1390. The second kappa shape index (κ2) is 11.0. The van der Waals surface area contributed by atoms with Crippen LogP contribution in [0.25, 0.3) is 10.9 Å². The van der Waals surface area contributed by atoms with Crippen molar-refractivity contribution in [1.29, 1.82) is 0 Å². The highest BCUT2D eigenvalue weighted by Crippen LogP contribution is 2.32. The summed E-state index contributed by atoms with van der Waals surface area (Å²) in [6, 6.07) is 13.5. The molecule has 1 aliphatic heterocycles. The number of aromatic nitrogens is 2. The molecule has 1 fully saturated rings. The number of H-pyrrole nitrogens is 1. The number of nitrogens with one attached hydrogen (secondary N) is 1. The monoisotopic (exact) mass is 525 g/mol. The van der Waals surface area contributed by atoms with Gasteiger partial charge >= 0.3 is 6.18 Å². The maximum Gasteiger partial charge on any atom is 0.416 e. The Balaban J connectivity index is 1.35. The van der Waals surface area contributed by atoms with E-state index in [4.69, 9.17) is 4.42 Å². The lowest BCUT2D eigenvalue weighted by molar-refractivity contribution is -0.138. The van der Waals surface area contributed by atoms with Crippen molar-refractivity contribution in [1.82, 2.24) is 24.7 Å². The zero-order valence-electron chi connectivity index (χ0n) is 21.2. The van der Waals surface area contributed by atoms with Crippen LogP contribution in [0.1, 0.15) is 33.1 Å². The highest BCUT2D eigenvalue weighted by molar-refractivity contribution is 5.92. The van der Waals surface area contributed by atoms with Gasteiger partial charge in [0.1, 0.15) is 6.26 Å². The van der Waals surface area contributed by atoms with Crippen LogP contribution in [-0.4, -0.2) is 70.3 Å². The van der Waals surface area contributed by atoms with E-state index in [-0.39, 0.29) is 30.3 Å². The van der Waals surface area contributed by atoms with E-state index >= 15 is 0 Å². The number of oxazole rings is 1. The van der Waals surface area contributed by atoms with Crippen molar-refractivity contribution in [2.45, 2.75) is 25.7 Å². The molecule has 4 aromatic rings. The van der Waals surface area contributed by atoms with E-state index < -0.39 is 11.7 Å². The summed E-state index contributed by atoms with van der Waals surface area (Å²) in [5.74, 6) is 0.103. The molecule has 0 radical (unpaired) electrons. The van der Waals surface area contributed by atoms with E-state index in [1.165, 1.54) is 18.4 Å². The molecule has 0 aliphatic carbocycles. The van der Waals surface area contributed by atoms with Crippen molar-refractivity contribution in [3.63, 3.8) is 0 Å². The molecule has 2 aromatic carbocycles. The van der Waals surface area contributed by atoms with Gasteiger partial charge in [-0.1, -0.05) is 36.4 Å². The van der Waals surface area contributed by atoms with Gasteiger partial charge in [-0.2, -0.15) is 13.2 Å². The van der Waals surface area contributed by atoms with Gasteiger partial charge in [-0.3, -0.25) is 9.69 Å². The number of halogens is 3. The van der Waals surface area contributed by atoms with Gasteiger partial charge in [0.15, 0.2) is 5.69 Å². The van der Waals surface area contributed by atoms with Crippen LogP contribution in [0.15, 0.2) is 65.4 Å². The summed E-state index contributed by atoms with van der Waals surface area (Å²) in [7, 11) is 2.01. The molecule has 1 N–H and O–H groups in total. The van der Waals surface area contributed by atoms with Crippen molar-refractivity contribution in [3.05, 3.63) is 89.3 Å². The van der Waals surface area contributed by atoms with Crippen LogP contribution in [0.2, 0.25) is 0 Å². The Morgan fingerprint density at radius 2 is 1.76 bits per heavy atom. The van der Waals surface area contributed by atoms with Crippen LogP contribution in [0, 0.1) is 0 Å². The normalized spacial score (nSPS) is 15.0. The lowest BCUT2D eigenvalue weighted by Crippen LogP contribution is -2.47. The summed E-state index contributed by atoms with van der Waals surface area (Å²) in [6.45, 7) is 3.50. The number of benzene rings is 2. The second-order valence-electron chi connectivity index (χ2n) is 9.70. The van der Waals surface area contributed by atoms with Gasteiger partial charge in [0.25, 0.3) is 5.91 Å². The molecule has 1 saturated heterocycles. The fourth-order valence-electron chi connectivity index (χ4n) is 4.85. The molecular weight excluding hydrogens is 495 g/mol. The molecule has 0 spiro atoms. The van der Waals surface area contributed by atoms with Crippen LogP contribution in [0.3, 0.4) is 0 Å². The number of likely N-dealkylation sites (N-methyl/N-ethyl adjacent to an activating group) is 1. The zero-order valence-corrected chi connectivity index (χ0v) is 21.2. The van der Waals surface area contributed by atoms with E-state index in [9.17, 15) is 18.0 Å². The van der Waals surface area contributed by atoms with E-state index in [0.29, 0.717) is 31.9 Å². The largest absolute Gasteiger partial charge is 0.447 e. The Kier molecular flexibility index (Phi) is 7.53. The van der Waals surface area contributed by atoms with Gasteiger partial charge in [-0.25, -0.2) is 4.98 Å². The van der Waals surface area contributed by atoms with Crippen molar-refractivity contribution in [2.75, 3.05) is 39.8 Å². The number of hydrogen-bond donors (Lipinski definition) is 1. The zero-order chi connectivity index (χ0) is 26.7. The van der Waals surface area contributed by atoms with E-state index in [0.717, 1.165) is 35.6 Å². The standard InChI is InChI=1S/C28H30F3N5O2/c1-34-12-14-36(15-13-34)27(37)25-19-38-26(33-25)18-35(17-21-6-2-4-8-23(21)28(29,30)31)11-10-20-16-32-24-9-5-3-7-22(20)24/h2-9,16,19,32H,10-15,17-18H2,1H3. The second-order valence-corrected chi connectivity index (χ2v) is 9.70. The lowest BCUT2D eigenvalue weighted by Gasteiger charge is -2.31. The van der Waals surface area contributed by atoms with Crippen molar-refractivity contribution < 1.29 is 22.4 Å². The number of para-hydroxylation sites is 1. The van der Waals surface area contributed by atoms with E-state index in [1.807, 2.05) is 42.4 Å². The van der Waals surface area contributed by atoms with Crippen molar-refractivity contribution in [3.8, 4) is 0 Å². The maximum absolute atomic E-state index is 13.7. The fourth-order valence-corrected chi connectivity index (χ4v) is 4.85. The first kappa shape index (κ1) is 26.0. The number of carbonyl (C=O) groups excluding carboxylic acids is 1. The Labute approximate surface area is 218 Å². The molecule has 5 rings (SSSR count). The van der Waals surface area contributed by atoms with Gasteiger partial charge in [0.05, 0.1) is 12.1 Å². The number of rotatable bonds is 8. The summed E-state index contributed by atoms with van der Waals surface area (Å²) >= 11 is 0. The highest BCUT2D eigenvalue weighted by atomic mass is 19.4. The van der Waals surface area contributed by atoms with Crippen LogP contribution >= 0.6 is 0 Å². The fraction of sp³-hybridized carbons (Fsp3) is 0.357. The first-order valence-electron chi connectivity index (χ1n) is 12.6. The maximum atomic E-state index is 13.7. The molecule has 200 valence electrons. The summed E-state index contributed by atoms with van der Waals surface area (Å²) in [5, 5.41) is 1.08. The number of aromatic amines is 1. The minimum Gasteiger partial charge on any atom is -0.447 e. The average molecular weight is 526 g/mol. The first-order valence-corrected chi connectivity index (χ1v) is 12.6. The quantitative estimate of drug-likeness (QED) is 0.358. The van der Waals surface area contributed by atoms with Gasteiger partial charge in [0.2, 0.25) is 5.89 Å². The van der Waals surface area contributed by atoms with Gasteiger partial charge in [-0.05, 0) is 36.7 Å². The molecule has 1 aliphatic rings. The van der Waals surface area contributed by atoms with E-state index in [1.54, 1.807) is 11.0 Å². The van der Waals surface area contributed by atoms with Crippen LogP contribution in [0.5, 0.6) is 0 Å². The topological polar surface area (TPSA) is 68.6 Å². The summed E-state index contributed by atoms with van der Waals surface area (Å²) in [5.41, 5.74) is 1.83. The Morgan fingerprint density at radius 3 is 2.55 bits per heavy atom. The van der Waals surface area contributed by atoms with Crippen molar-refractivity contribution >= 4 is 16.8 Å². The molecule has 0 unspecified atom stereocenters. The van der Waals surface area contributed by atoms with Crippen LogP contribution in [-0.2, 0) is 25.7 Å². The summed E-state index contributed by atoms with van der Waals surface area (Å²) in [6.07, 6.45) is -0.557. The van der Waals surface area contributed by atoms with Gasteiger partial charge in [0, 0.05) is 56.4 Å². The summed E-state index contributed by atoms with van der Waals surface area (Å²) < 4.78 is 46.7. The number of nitrogens with zero attached hydrogens (tertiary/aromatic N) is 4. The van der Waals surface area contributed by atoms with E-state index in [2.05, 4.69) is 14.9 Å². The van der Waals surface area contributed by atoms with Crippen LogP contribution < -0.4 is 0 Å². The SMILES string of the molecule is CN1CCN(C(=O)c2coc(CN(CCc3c[nH]c4ccccc34)Cc3ccccc3C(F)(F)F)n2)CC1. The minimum atomic E-state index is -4.45. The van der Waals surface area contributed by atoms with Gasteiger partial charge in [-0.15, -0.1) is 0 Å². The average Bonchev–Trinajstić information content (AvgIpc) is 3.54. The number of fused-ring (bicyclic) bond motifs is 1. The third-order valence-electron chi connectivity index (χ3n) is 7.01. The molecule has 7 nitrogen and oxygen atoms in total. The molecule has 2 aromatic heterocycles. The molecule has 38 heavy (non-hydrogen) atoms. The number of piperazine rings is 1. The smallest absolute Gasteiger partial charge is 0.416 e. The highest BCUT2D eigenvalue weighted by Gasteiger charge is 2.33. The first-order chi connectivity index (χ1) is 18.3. The Hall–Kier alpha value is -3.63. The number of carbonyl (C=O) groups is 1. The molecule has 1 amide bonds. The number of amides is 1. The number of hydrogen-bond acceptors (Lipinski definition) is 5. The predicted octanol–water partition coefficient (Wildman–Crippen LogP) is 4.81. The molecule has 0 bridgehead atoms. The summed E-state index contributed by atoms with van der Waals surface area (Å²) in [4.78, 5) is 26.3. The Morgan fingerprint density at radius 1 is 1.03 bits per heavy atom. The lowest BCUT2D eigenvalue weighted by atomic mass is 10.1. The molecule has 10 heteroatoms. The molecule has 0 atom stereocenters. The number of alkyl halides is 3. The molecular formula is C28H30F3N5O2. The minimum absolute atomic E-state index is 0.0577.